The van der Waals surface area contributed by atoms with Crippen LogP contribution >= 0.6 is 0 Å². The molecule has 0 amide bonds. The maximum Gasteiger partial charge on any atom is 0.120 e. The zero-order chi connectivity index (χ0) is 13.4. The van der Waals surface area contributed by atoms with Gasteiger partial charge >= 0.3 is 0 Å². The van der Waals surface area contributed by atoms with Gasteiger partial charge in [0.05, 0.1) is 0 Å². The van der Waals surface area contributed by atoms with E-state index >= 15 is 0 Å². The van der Waals surface area contributed by atoms with Crippen LogP contribution in [0.2, 0.25) is 0 Å². The van der Waals surface area contributed by atoms with Crippen molar-refractivity contribution in [3.63, 3.8) is 0 Å². The van der Waals surface area contributed by atoms with Crippen molar-refractivity contribution in [3.05, 3.63) is 29.3 Å². The summed E-state index contributed by atoms with van der Waals surface area (Å²) in [6, 6.07) is 6.21. The number of aromatic hydroxyl groups is 1. The molecule has 1 unspecified atom stereocenters. The summed E-state index contributed by atoms with van der Waals surface area (Å²) in [4.78, 5) is 0. The van der Waals surface area contributed by atoms with Gasteiger partial charge in [-0.05, 0) is 75.5 Å². The maximum absolute atomic E-state index is 10.0. The van der Waals surface area contributed by atoms with E-state index in [0.717, 1.165) is 35.4 Å². The molecule has 2 aliphatic carbocycles. The van der Waals surface area contributed by atoms with Crippen LogP contribution in [0.1, 0.15) is 49.8 Å². The Morgan fingerprint density at radius 3 is 2.37 bits per heavy atom. The van der Waals surface area contributed by atoms with Crippen LogP contribution in [-0.4, -0.2) is 11.7 Å². The lowest BCUT2D eigenvalue weighted by Gasteiger charge is -2.21. The highest BCUT2D eigenvalue weighted by atomic mass is 16.3. The first kappa shape index (κ1) is 13.0. The van der Waals surface area contributed by atoms with Gasteiger partial charge < -0.3 is 10.4 Å². The molecule has 1 aromatic rings. The Morgan fingerprint density at radius 2 is 1.84 bits per heavy atom. The quantitative estimate of drug-likeness (QED) is 0.814. The number of phenolic OH excluding ortho intramolecular Hbond substituents is 1. The molecular formula is C17H25NO. The predicted octanol–water partition coefficient (Wildman–Crippen LogP) is 3.79. The van der Waals surface area contributed by atoms with Gasteiger partial charge in [0.1, 0.15) is 5.75 Å². The van der Waals surface area contributed by atoms with Gasteiger partial charge in [0.2, 0.25) is 0 Å². The van der Waals surface area contributed by atoms with Gasteiger partial charge in [0.25, 0.3) is 0 Å². The van der Waals surface area contributed by atoms with E-state index in [9.17, 15) is 5.11 Å². The number of nitrogens with one attached hydrogen (secondary N) is 1. The monoisotopic (exact) mass is 259 g/mol. The van der Waals surface area contributed by atoms with E-state index < -0.39 is 0 Å². The van der Waals surface area contributed by atoms with Crippen LogP contribution in [0.4, 0.5) is 0 Å². The molecule has 0 aromatic heterocycles. The van der Waals surface area contributed by atoms with Crippen molar-refractivity contribution in [2.75, 3.05) is 6.54 Å². The molecule has 0 saturated heterocycles. The number of rotatable bonds is 6. The molecule has 19 heavy (non-hydrogen) atoms. The Hall–Kier alpha value is -1.02. The summed E-state index contributed by atoms with van der Waals surface area (Å²) in [5, 5.41) is 13.7. The molecule has 0 bridgehead atoms. The number of hydrogen-bond acceptors (Lipinski definition) is 2. The van der Waals surface area contributed by atoms with Gasteiger partial charge in [-0.2, -0.15) is 0 Å². The average Bonchev–Trinajstić information content (AvgIpc) is 3.23. The van der Waals surface area contributed by atoms with Crippen LogP contribution in [0.25, 0.3) is 0 Å². The van der Waals surface area contributed by atoms with Crippen LogP contribution < -0.4 is 5.32 Å². The standard InChI is InChI=1S/C17H25NO/c1-11-3-8-15(17(19)9-11)12(2)18-10-16(13-4-5-13)14-6-7-14/h3,8-9,12-14,16,18-19H,4-7,10H2,1-2H3. The second kappa shape index (κ2) is 5.16. The van der Waals surface area contributed by atoms with E-state index in [-0.39, 0.29) is 6.04 Å². The Bertz CT molecular complexity index is 437. The summed E-state index contributed by atoms with van der Waals surface area (Å²) in [6.45, 7) is 5.28. The van der Waals surface area contributed by atoms with E-state index in [2.05, 4.69) is 18.3 Å². The van der Waals surface area contributed by atoms with E-state index in [1.165, 1.54) is 25.7 Å². The Morgan fingerprint density at radius 1 is 1.21 bits per heavy atom. The highest BCUT2D eigenvalue weighted by Gasteiger charge is 2.41. The fourth-order valence-corrected chi connectivity index (χ4v) is 3.21. The molecule has 0 spiro atoms. The lowest BCUT2D eigenvalue weighted by atomic mass is 9.97. The molecule has 2 nitrogen and oxygen atoms in total. The van der Waals surface area contributed by atoms with Crippen molar-refractivity contribution in [1.29, 1.82) is 0 Å². The number of hydrogen-bond donors (Lipinski definition) is 2. The minimum Gasteiger partial charge on any atom is -0.508 e. The zero-order valence-electron chi connectivity index (χ0n) is 12.0. The lowest BCUT2D eigenvalue weighted by molar-refractivity contribution is 0.358. The third-order valence-electron chi connectivity index (χ3n) is 4.77. The highest BCUT2D eigenvalue weighted by molar-refractivity contribution is 5.37. The second-order valence-electron chi connectivity index (χ2n) is 6.53. The Balaban J connectivity index is 1.59. The number of aryl methyl sites for hydroxylation is 1. The van der Waals surface area contributed by atoms with Gasteiger partial charge in [0, 0.05) is 11.6 Å². The number of benzene rings is 1. The molecule has 1 aromatic carbocycles. The van der Waals surface area contributed by atoms with Crippen LogP contribution in [0.15, 0.2) is 18.2 Å². The average molecular weight is 259 g/mol. The first-order valence-corrected chi connectivity index (χ1v) is 7.68. The summed E-state index contributed by atoms with van der Waals surface area (Å²) in [5.41, 5.74) is 2.14. The van der Waals surface area contributed by atoms with Crippen molar-refractivity contribution in [3.8, 4) is 5.75 Å². The molecule has 2 saturated carbocycles. The molecule has 104 valence electrons. The molecule has 0 aliphatic heterocycles. The summed E-state index contributed by atoms with van der Waals surface area (Å²) in [6.07, 6.45) is 5.75. The SMILES string of the molecule is Cc1ccc(C(C)NCC(C2CC2)C2CC2)c(O)c1. The van der Waals surface area contributed by atoms with Gasteiger partial charge in [0.15, 0.2) is 0 Å². The Kier molecular flexibility index (Phi) is 3.53. The summed E-state index contributed by atoms with van der Waals surface area (Å²) in [7, 11) is 0. The second-order valence-corrected chi connectivity index (χ2v) is 6.53. The normalized spacial score (nSPS) is 20.8. The topological polar surface area (TPSA) is 32.3 Å². The molecule has 3 rings (SSSR count). The van der Waals surface area contributed by atoms with Crippen molar-refractivity contribution >= 4 is 0 Å². The van der Waals surface area contributed by atoms with Gasteiger partial charge in [-0.1, -0.05) is 12.1 Å². The number of phenols is 1. The van der Waals surface area contributed by atoms with Gasteiger partial charge in [-0.3, -0.25) is 0 Å². The maximum atomic E-state index is 10.0. The third kappa shape index (κ3) is 3.11. The first-order valence-electron chi connectivity index (χ1n) is 7.68. The summed E-state index contributed by atoms with van der Waals surface area (Å²) >= 11 is 0. The molecular weight excluding hydrogens is 234 g/mol. The fraction of sp³-hybridized carbons (Fsp3) is 0.647. The molecule has 0 heterocycles. The van der Waals surface area contributed by atoms with Crippen molar-refractivity contribution in [2.45, 2.75) is 45.6 Å². The van der Waals surface area contributed by atoms with E-state index in [1.807, 2.05) is 19.1 Å². The Labute approximate surface area is 116 Å². The van der Waals surface area contributed by atoms with Crippen LogP contribution in [0, 0.1) is 24.7 Å². The molecule has 2 N–H and O–H groups in total. The zero-order valence-corrected chi connectivity index (χ0v) is 12.0. The largest absolute Gasteiger partial charge is 0.508 e. The third-order valence-corrected chi connectivity index (χ3v) is 4.77. The van der Waals surface area contributed by atoms with Crippen molar-refractivity contribution in [2.24, 2.45) is 17.8 Å². The lowest BCUT2D eigenvalue weighted by Crippen LogP contribution is -2.28. The molecule has 1 atom stereocenters. The first-order chi connectivity index (χ1) is 9.15. The molecule has 2 aliphatic rings. The van der Waals surface area contributed by atoms with Crippen LogP contribution in [0.3, 0.4) is 0 Å². The van der Waals surface area contributed by atoms with Gasteiger partial charge in [-0.15, -0.1) is 0 Å². The van der Waals surface area contributed by atoms with Crippen molar-refractivity contribution < 1.29 is 5.11 Å². The minimum atomic E-state index is 0.237. The summed E-state index contributed by atoms with van der Waals surface area (Å²) in [5.74, 6) is 3.28. The van der Waals surface area contributed by atoms with E-state index in [0.29, 0.717) is 5.75 Å². The fourth-order valence-electron chi connectivity index (χ4n) is 3.21. The van der Waals surface area contributed by atoms with Gasteiger partial charge in [-0.25, -0.2) is 0 Å². The smallest absolute Gasteiger partial charge is 0.120 e. The molecule has 2 heteroatoms. The van der Waals surface area contributed by atoms with Crippen LogP contribution in [-0.2, 0) is 0 Å². The summed E-state index contributed by atoms with van der Waals surface area (Å²) < 4.78 is 0. The molecule has 0 radical (unpaired) electrons. The highest BCUT2D eigenvalue weighted by Crippen LogP contribution is 2.49. The van der Waals surface area contributed by atoms with Crippen LogP contribution in [0.5, 0.6) is 5.75 Å². The van der Waals surface area contributed by atoms with Crippen molar-refractivity contribution in [1.82, 2.24) is 5.32 Å². The minimum absolute atomic E-state index is 0.237. The van der Waals surface area contributed by atoms with E-state index in [1.54, 1.807) is 0 Å². The molecule has 2 fully saturated rings. The predicted molar refractivity (Wildman–Crippen MR) is 78.2 cm³/mol. The van der Waals surface area contributed by atoms with E-state index in [4.69, 9.17) is 0 Å².